The molecule has 1 atom stereocenters. The maximum Gasteiger partial charge on any atom is 0.347 e. The lowest BCUT2D eigenvalue weighted by atomic mass is 9.69. The maximum atomic E-state index is 13.5. The van der Waals surface area contributed by atoms with Gasteiger partial charge < -0.3 is 9.47 Å². The van der Waals surface area contributed by atoms with Crippen molar-refractivity contribution in [1.82, 2.24) is 0 Å². The Kier molecular flexibility index (Phi) is 7.79. The largest absolute Gasteiger partial charge is 0.460 e. The van der Waals surface area contributed by atoms with Gasteiger partial charge in [-0.15, -0.1) is 0 Å². The van der Waals surface area contributed by atoms with Crippen molar-refractivity contribution in [3.05, 3.63) is 47.8 Å². The number of esters is 2. The van der Waals surface area contributed by atoms with Gasteiger partial charge in [0.25, 0.3) is 0 Å². The predicted octanol–water partition coefficient (Wildman–Crippen LogP) is 5.60. The molecule has 1 unspecified atom stereocenters. The molecular weight excluding hydrogens is 409 g/mol. The summed E-state index contributed by atoms with van der Waals surface area (Å²) in [5, 5.41) is 0. The van der Waals surface area contributed by atoms with Gasteiger partial charge in [0, 0.05) is 6.08 Å². The first kappa shape index (κ1) is 23.4. The number of ether oxygens (including phenoxy) is 2. The highest BCUT2D eigenvalue weighted by Crippen LogP contribution is 2.43. The van der Waals surface area contributed by atoms with E-state index in [1.54, 1.807) is 0 Å². The Morgan fingerprint density at radius 1 is 0.968 bits per heavy atom. The van der Waals surface area contributed by atoms with E-state index < -0.39 is 35.5 Å². The van der Waals surface area contributed by atoms with Crippen molar-refractivity contribution in [3.8, 4) is 0 Å². The molecule has 7 heteroatoms. The normalized spacial score (nSPS) is 27.2. The van der Waals surface area contributed by atoms with E-state index in [9.17, 15) is 22.8 Å². The van der Waals surface area contributed by atoms with Crippen LogP contribution < -0.4 is 0 Å². The van der Waals surface area contributed by atoms with E-state index in [4.69, 9.17) is 9.47 Å². The third kappa shape index (κ3) is 5.89. The van der Waals surface area contributed by atoms with Gasteiger partial charge in [0.15, 0.2) is 23.6 Å². The molecule has 0 amide bonds. The zero-order valence-electron chi connectivity index (χ0n) is 17.7. The molecule has 31 heavy (non-hydrogen) atoms. The van der Waals surface area contributed by atoms with Gasteiger partial charge in [0.05, 0.1) is 0 Å². The molecule has 0 aliphatic heterocycles. The summed E-state index contributed by atoms with van der Waals surface area (Å²) in [4.78, 5) is 23.3. The molecule has 1 aromatic rings. The number of halogens is 3. The van der Waals surface area contributed by atoms with Gasteiger partial charge in [-0.1, -0.05) is 6.58 Å². The molecule has 0 heterocycles. The third-order valence-electron chi connectivity index (χ3n) is 6.71. The van der Waals surface area contributed by atoms with E-state index in [-0.39, 0.29) is 12.0 Å². The van der Waals surface area contributed by atoms with Gasteiger partial charge >= 0.3 is 11.9 Å². The summed E-state index contributed by atoms with van der Waals surface area (Å²) in [5.41, 5.74) is 0.539. The molecule has 0 spiro atoms. The second-order valence-corrected chi connectivity index (χ2v) is 8.67. The molecule has 2 fully saturated rings. The standard InChI is InChI=1S/C24H29F3O4/c1-3-22(28)30-14(2)24(29)31-19-10-8-16(9-11-19)15-4-6-17(7-5-15)18-12-20(25)23(27)21(26)13-18/h3,12-17,19H,1,4-11H2,2H3. The Balaban J connectivity index is 1.44. The Bertz CT molecular complexity index is 786. The first-order valence-corrected chi connectivity index (χ1v) is 11.0. The van der Waals surface area contributed by atoms with E-state index in [0.29, 0.717) is 17.4 Å². The van der Waals surface area contributed by atoms with Crippen molar-refractivity contribution in [2.45, 2.75) is 76.4 Å². The second kappa shape index (κ2) is 10.3. The molecule has 0 bridgehead atoms. The summed E-state index contributed by atoms with van der Waals surface area (Å²) in [5.74, 6) is -3.74. The van der Waals surface area contributed by atoms with Gasteiger partial charge in [-0.3, -0.25) is 0 Å². The van der Waals surface area contributed by atoms with Gasteiger partial charge in [-0.05, 0) is 93.7 Å². The lowest BCUT2D eigenvalue weighted by Crippen LogP contribution is -2.33. The molecule has 1 aromatic carbocycles. The number of carbonyl (C=O) groups excluding carboxylic acids is 2. The molecule has 2 aliphatic rings. The zero-order chi connectivity index (χ0) is 22.5. The minimum Gasteiger partial charge on any atom is -0.460 e. The van der Waals surface area contributed by atoms with Crippen molar-refractivity contribution in [3.63, 3.8) is 0 Å². The lowest BCUT2D eigenvalue weighted by molar-refractivity contribution is -0.169. The molecular formula is C24H29F3O4. The Hall–Kier alpha value is -2.31. The monoisotopic (exact) mass is 438 g/mol. The third-order valence-corrected chi connectivity index (χ3v) is 6.71. The number of rotatable bonds is 6. The fraction of sp³-hybridized carbons (Fsp3) is 0.583. The number of hydrogen-bond donors (Lipinski definition) is 0. The van der Waals surface area contributed by atoms with Crippen LogP contribution in [0.2, 0.25) is 0 Å². The Morgan fingerprint density at radius 3 is 2.00 bits per heavy atom. The first-order chi connectivity index (χ1) is 14.8. The quantitative estimate of drug-likeness (QED) is 0.330. The van der Waals surface area contributed by atoms with Crippen LogP contribution in [-0.2, 0) is 19.1 Å². The smallest absolute Gasteiger partial charge is 0.347 e. The van der Waals surface area contributed by atoms with E-state index >= 15 is 0 Å². The van der Waals surface area contributed by atoms with Gasteiger partial charge in [-0.2, -0.15) is 0 Å². The summed E-state index contributed by atoms with van der Waals surface area (Å²) in [6.45, 7) is 4.78. The van der Waals surface area contributed by atoms with Gasteiger partial charge in [-0.25, -0.2) is 22.8 Å². The highest BCUT2D eigenvalue weighted by atomic mass is 19.2. The fourth-order valence-corrected chi connectivity index (χ4v) is 4.94. The molecule has 170 valence electrons. The summed E-state index contributed by atoms with van der Waals surface area (Å²) < 4.78 is 50.7. The van der Waals surface area contributed by atoms with E-state index in [2.05, 4.69) is 6.58 Å². The molecule has 0 radical (unpaired) electrons. The van der Waals surface area contributed by atoms with Crippen LogP contribution in [0.25, 0.3) is 0 Å². The number of carbonyl (C=O) groups is 2. The van der Waals surface area contributed by atoms with Crippen LogP contribution in [0.4, 0.5) is 13.2 Å². The summed E-state index contributed by atoms with van der Waals surface area (Å²) in [6, 6.07) is 2.24. The minimum absolute atomic E-state index is 0.0536. The van der Waals surface area contributed by atoms with Crippen molar-refractivity contribution >= 4 is 11.9 Å². The number of hydrogen-bond acceptors (Lipinski definition) is 4. The molecule has 0 aromatic heterocycles. The van der Waals surface area contributed by atoms with Crippen molar-refractivity contribution in [2.24, 2.45) is 11.8 Å². The minimum atomic E-state index is -1.41. The van der Waals surface area contributed by atoms with Crippen LogP contribution in [0.1, 0.15) is 69.8 Å². The topological polar surface area (TPSA) is 52.6 Å². The van der Waals surface area contributed by atoms with Crippen LogP contribution in [0.3, 0.4) is 0 Å². The van der Waals surface area contributed by atoms with Gasteiger partial charge in [0.2, 0.25) is 0 Å². The summed E-state index contributed by atoms with van der Waals surface area (Å²) >= 11 is 0. The van der Waals surface area contributed by atoms with Crippen LogP contribution >= 0.6 is 0 Å². The van der Waals surface area contributed by atoms with Gasteiger partial charge in [0.1, 0.15) is 6.10 Å². The average molecular weight is 438 g/mol. The Labute approximate surface area is 180 Å². The maximum absolute atomic E-state index is 13.5. The fourth-order valence-electron chi connectivity index (χ4n) is 4.94. The van der Waals surface area contributed by atoms with Crippen molar-refractivity contribution in [1.29, 1.82) is 0 Å². The number of benzene rings is 1. The molecule has 2 saturated carbocycles. The van der Waals surface area contributed by atoms with E-state index in [1.165, 1.54) is 6.92 Å². The summed E-state index contributed by atoms with van der Waals surface area (Å²) in [7, 11) is 0. The SMILES string of the molecule is C=CC(=O)OC(C)C(=O)OC1CCC(C2CCC(c3cc(F)c(F)c(F)c3)CC2)CC1. The van der Waals surface area contributed by atoms with E-state index in [1.807, 2.05) is 0 Å². The van der Waals surface area contributed by atoms with Crippen molar-refractivity contribution < 1.29 is 32.2 Å². The first-order valence-electron chi connectivity index (χ1n) is 11.0. The molecule has 2 aliphatic carbocycles. The average Bonchev–Trinajstić information content (AvgIpc) is 2.77. The lowest BCUT2D eigenvalue weighted by Gasteiger charge is -2.38. The van der Waals surface area contributed by atoms with Crippen LogP contribution in [-0.4, -0.2) is 24.1 Å². The zero-order valence-corrected chi connectivity index (χ0v) is 17.7. The van der Waals surface area contributed by atoms with Crippen LogP contribution in [0.5, 0.6) is 0 Å². The van der Waals surface area contributed by atoms with Crippen LogP contribution in [0, 0.1) is 29.3 Å². The summed E-state index contributed by atoms with van der Waals surface area (Å²) in [6.07, 6.45) is 6.92. The second-order valence-electron chi connectivity index (χ2n) is 8.67. The molecule has 4 nitrogen and oxygen atoms in total. The highest BCUT2D eigenvalue weighted by Gasteiger charge is 2.33. The molecule has 0 saturated heterocycles. The molecule has 0 N–H and O–H groups in total. The van der Waals surface area contributed by atoms with E-state index in [0.717, 1.165) is 69.6 Å². The predicted molar refractivity (Wildman–Crippen MR) is 109 cm³/mol. The highest BCUT2D eigenvalue weighted by molar-refractivity contribution is 5.85. The molecule has 3 rings (SSSR count). The van der Waals surface area contributed by atoms with Crippen molar-refractivity contribution in [2.75, 3.05) is 0 Å². The Morgan fingerprint density at radius 2 is 1.48 bits per heavy atom. The van der Waals surface area contributed by atoms with Crippen LogP contribution in [0.15, 0.2) is 24.8 Å².